The second kappa shape index (κ2) is 7.78. The number of aliphatic hydroxyl groups excluding tert-OH is 1. The summed E-state index contributed by atoms with van der Waals surface area (Å²) in [5.41, 5.74) is -0.446. The van der Waals surface area contributed by atoms with Crippen molar-refractivity contribution >= 4 is 5.97 Å². The van der Waals surface area contributed by atoms with Crippen LogP contribution >= 0.6 is 0 Å². The predicted octanol–water partition coefficient (Wildman–Crippen LogP) is 3.60. The van der Waals surface area contributed by atoms with Gasteiger partial charge in [-0.15, -0.1) is 0 Å². The molecule has 0 aromatic rings. The van der Waals surface area contributed by atoms with E-state index in [-0.39, 0.29) is 6.61 Å². The van der Waals surface area contributed by atoms with Crippen molar-refractivity contribution in [1.29, 1.82) is 0 Å². The molecule has 106 valence electrons. The fraction of sp³-hybridized carbons (Fsp3) is 0.933. The molecule has 0 aliphatic heterocycles. The molecule has 2 atom stereocenters. The van der Waals surface area contributed by atoms with Gasteiger partial charge in [0.2, 0.25) is 0 Å². The Hall–Kier alpha value is -0.570. The fourth-order valence-corrected chi connectivity index (χ4v) is 3.29. The smallest absolute Gasteiger partial charge is 0.309 e. The number of carboxylic acid groups (broad SMARTS) is 1. The molecule has 2 N–H and O–H groups in total. The van der Waals surface area contributed by atoms with E-state index in [0.717, 1.165) is 57.8 Å². The second-order valence-corrected chi connectivity index (χ2v) is 5.84. The Morgan fingerprint density at radius 2 is 2.00 bits per heavy atom. The van der Waals surface area contributed by atoms with Crippen LogP contribution in [0.15, 0.2) is 0 Å². The van der Waals surface area contributed by atoms with Gasteiger partial charge >= 0.3 is 5.97 Å². The zero-order valence-corrected chi connectivity index (χ0v) is 11.7. The zero-order chi connectivity index (χ0) is 13.4. The summed E-state index contributed by atoms with van der Waals surface area (Å²) in [6.07, 6.45) is 9.84. The van der Waals surface area contributed by atoms with E-state index in [4.69, 9.17) is 5.11 Å². The maximum Gasteiger partial charge on any atom is 0.309 e. The van der Waals surface area contributed by atoms with Gasteiger partial charge in [0.15, 0.2) is 0 Å². The zero-order valence-electron chi connectivity index (χ0n) is 11.7. The first-order valence-electron chi connectivity index (χ1n) is 7.49. The van der Waals surface area contributed by atoms with E-state index >= 15 is 0 Å². The van der Waals surface area contributed by atoms with E-state index in [2.05, 4.69) is 6.92 Å². The highest BCUT2D eigenvalue weighted by Crippen LogP contribution is 2.44. The topological polar surface area (TPSA) is 57.5 Å². The van der Waals surface area contributed by atoms with Crippen LogP contribution < -0.4 is 0 Å². The highest BCUT2D eigenvalue weighted by Gasteiger charge is 2.41. The lowest BCUT2D eigenvalue weighted by molar-refractivity contribution is -0.153. The normalized spacial score (nSPS) is 28.2. The minimum atomic E-state index is -0.581. The first kappa shape index (κ1) is 15.5. The van der Waals surface area contributed by atoms with Gasteiger partial charge in [-0.05, 0) is 31.6 Å². The van der Waals surface area contributed by atoms with Gasteiger partial charge in [-0.3, -0.25) is 4.79 Å². The third kappa shape index (κ3) is 4.27. The van der Waals surface area contributed by atoms with Gasteiger partial charge in [0.05, 0.1) is 5.41 Å². The molecule has 1 aliphatic carbocycles. The van der Waals surface area contributed by atoms with Crippen LogP contribution in [0.2, 0.25) is 0 Å². The quantitative estimate of drug-likeness (QED) is 0.652. The molecule has 3 nitrogen and oxygen atoms in total. The number of aliphatic hydroxyl groups is 1. The van der Waals surface area contributed by atoms with E-state index in [0.29, 0.717) is 5.92 Å². The summed E-state index contributed by atoms with van der Waals surface area (Å²) in [5, 5.41) is 18.3. The molecule has 0 saturated heterocycles. The molecule has 1 saturated carbocycles. The molecule has 2 unspecified atom stereocenters. The second-order valence-electron chi connectivity index (χ2n) is 5.84. The highest BCUT2D eigenvalue weighted by molar-refractivity contribution is 5.74. The molecule has 0 aromatic heterocycles. The summed E-state index contributed by atoms with van der Waals surface area (Å²) >= 11 is 0. The average Bonchev–Trinajstić information content (AvgIpc) is 2.38. The Balaban J connectivity index is 2.45. The SMILES string of the molecule is CCC1CCCC(CCCCCCO)(C(=O)O)C1. The molecule has 1 aliphatic rings. The summed E-state index contributed by atoms with van der Waals surface area (Å²) in [4.78, 5) is 11.6. The van der Waals surface area contributed by atoms with Gasteiger partial charge in [0, 0.05) is 6.61 Å². The number of rotatable bonds is 8. The third-order valence-electron chi connectivity index (χ3n) is 4.54. The van der Waals surface area contributed by atoms with Crippen LogP contribution in [-0.4, -0.2) is 22.8 Å². The van der Waals surface area contributed by atoms with Crippen molar-refractivity contribution in [3.8, 4) is 0 Å². The first-order chi connectivity index (χ1) is 8.64. The van der Waals surface area contributed by atoms with Crippen LogP contribution in [-0.2, 0) is 4.79 Å². The van der Waals surface area contributed by atoms with Crippen molar-refractivity contribution in [2.75, 3.05) is 6.61 Å². The van der Waals surface area contributed by atoms with Crippen LogP contribution in [0.4, 0.5) is 0 Å². The van der Waals surface area contributed by atoms with Crippen LogP contribution in [0.5, 0.6) is 0 Å². The van der Waals surface area contributed by atoms with Crippen molar-refractivity contribution in [3.63, 3.8) is 0 Å². The molecule has 0 aromatic carbocycles. The molecular formula is C15H28O3. The molecule has 0 amide bonds. The van der Waals surface area contributed by atoms with Gasteiger partial charge in [-0.1, -0.05) is 45.4 Å². The van der Waals surface area contributed by atoms with Gasteiger partial charge < -0.3 is 10.2 Å². The van der Waals surface area contributed by atoms with Gasteiger partial charge in [-0.25, -0.2) is 0 Å². The molecular weight excluding hydrogens is 228 g/mol. The summed E-state index contributed by atoms with van der Waals surface area (Å²) < 4.78 is 0. The van der Waals surface area contributed by atoms with Gasteiger partial charge in [-0.2, -0.15) is 0 Å². The van der Waals surface area contributed by atoms with Crippen molar-refractivity contribution < 1.29 is 15.0 Å². The van der Waals surface area contributed by atoms with Gasteiger partial charge in [0.25, 0.3) is 0 Å². The summed E-state index contributed by atoms with van der Waals surface area (Å²) in [6.45, 7) is 2.42. The molecule has 0 radical (unpaired) electrons. The third-order valence-corrected chi connectivity index (χ3v) is 4.54. The number of unbranched alkanes of at least 4 members (excludes halogenated alkanes) is 3. The molecule has 1 rings (SSSR count). The number of hydrogen-bond donors (Lipinski definition) is 2. The monoisotopic (exact) mass is 256 g/mol. The predicted molar refractivity (Wildman–Crippen MR) is 72.5 cm³/mol. The average molecular weight is 256 g/mol. The minimum absolute atomic E-state index is 0.252. The Morgan fingerprint density at radius 1 is 1.28 bits per heavy atom. The lowest BCUT2D eigenvalue weighted by Gasteiger charge is -2.37. The largest absolute Gasteiger partial charge is 0.481 e. The number of carbonyl (C=O) groups is 1. The number of hydrogen-bond acceptors (Lipinski definition) is 2. The summed E-state index contributed by atoms with van der Waals surface area (Å²) in [6, 6.07) is 0. The van der Waals surface area contributed by atoms with E-state index in [1.807, 2.05) is 0 Å². The molecule has 0 spiro atoms. The molecule has 1 fully saturated rings. The molecule has 0 bridgehead atoms. The summed E-state index contributed by atoms with van der Waals surface area (Å²) in [7, 11) is 0. The van der Waals surface area contributed by atoms with E-state index in [1.54, 1.807) is 0 Å². The Kier molecular flexibility index (Phi) is 6.69. The maximum absolute atomic E-state index is 11.6. The lowest BCUT2D eigenvalue weighted by Crippen LogP contribution is -2.36. The standard InChI is InChI=1S/C15H28O3/c1-2-13-8-7-10-15(12-13,14(17)18)9-5-3-4-6-11-16/h13,16H,2-12H2,1H3,(H,17,18). The van der Waals surface area contributed by atoms with Gasteiger partial charge in [0.1, 0.15) is 0 Å². The van der Waals surface area contributed by atoms with E-state index < -0.39 is 11.4 Å². The van der Waals surface area contributed by atoms with Crippen molar-refractivity contribution in [1.82, 2.24) is 0 Å². The van der Waals surface area contributed by atoms with E-state index in [1.165, 1.54) is 6.42 Å². The van der Waals surface area contributed by atoms with Crippen LogP contribution in [0.3, 0.4) is 0 Å². The fourth-order valence-electron chi connectivity index (χ4n) is 3.29. The maximum atomic E-state index is 11.6. The summed E-state index contributed by atoms with van der Waals surface area (Å²) in [5.74, 6) is 0.0232. The Bertz CT molecular complexity index is 252. The first-order valence-corrected chi connectivity index (χ1v) is 7.49. The van der Waals surface area contributed by atoms with Crippen LogP contribution in [0, 0.1) is 11.3 Å². The highest BCUT2D eigenvalue weighted by atomic mass is 16.4. The lowest BCUT2D eigenvalue weighted by atomic mass is 9.66. The number of aliphatic carboxylic acids is 1. The van der Waals surface area contributed by atoms with Crippen molar-refractivity contribution in [3.05, 3.63) is 0 Å². The van der Waals surface area contributed by atoms with Crippen molar-refractivity contribution in [2.24, 2.45) is 11.3 Å². The van der Waals surface area contributed by atoms with E-state index in [9.17, 15) is 9.90 Å². The Morgan fingerprint density at radius 3 is 2.61 bits per heavy atom. The van der Waals surface area contributed by atoms with Crippen molar-refractivity contribution in [2.45, 2.75) is 71.1 Å². The molecule has 0 heterocycles. The number of carboxylic acids is 1. The minimum Gasteiger partial charge on any atom is -0.481 e. The Labute approximate surface area is 111 Å². The van der Waals surface area contributed by atoms with Crippen LogP contribution in [0.25, 0.3) is 0 Å². The molecule has 3 heteroatoms. The molecule has 18 heavy (non-hydrogen) atoms. The van der Waals surface area contributed by atoms with Crippen LogP contribution in [0.1, 0.15) is 71.1 Å².